The molecule has 0 spiro atoms. The van der Waals surface area contributed by atoms with Crippen molar-refractivity contribution in [3.05, 3.63) is 78.7 Å². The first-order valence-electron chi connectivity index (χ1n) is 9.94. The van der Waals surface area contributed by atoms with Gasteiger partial charge in [0.25, 0.3) is 0 Å². The first-order chi connectivity index (χ1) is 14.7. The van der Waals surface area contributed by atoms with Gasteiger partial charge in [0.2, 0.25) is 0 Å². The number of rotatable bonds is 5. The number of anilines is 2. The Morgan fingerprint density at radius 2 is 1.77 bits per heavy atom. The van der Waals surface area contributed by atoms with Crippen molar-refractivity contribution in [2.24, 2.45) is 0 Å². The van der Waals surface area contributed by atoms with Gasteiger partial charge in [0.15, 0.2) is 11.6 Å². The lowest BCUT2D eigenvalue weighted by Crippen LogP contribution is -2.46. The highest BCUT2D eigenvalue weighted by Crippen LogP contribution is 2.31. The van der Waals surface area contributed by atoms with E-state index in [9.17, 15) is 9.18 Å². The van der Waals surface area contributed by atoms with E-state index in [0.717, 1.165) is 31.7 Å². The third kappa shape index (κ3) is 4.86. The normalized spacial score (nSPS) is 14.2. The van der Waals surface area contributed by atoms with Gasteiger partial charge in [-0.2, -0.15) is 0 Å². The van der Waals surface area contributed by atoms with Gasteiger partial charge in [0.1, 0.15) is 17.3 Å². The largest absolute Gasteiger partial charge is 0.455 e. The highest BCUT2D eigenvalue weighted by molar-refractivity contribution is 5.91. The molecule has 0 atom stereocenters. The summed E-state index contributed by atoms with van der Waals surface area (Å²) in [5, 5.41) is 5.55. The summed E-state index contributed by atoms with van der Waals surface area (Å²) in [6, 6.07) is 18.9. The van der Waals surface area contributed by atoms with Gasteiger partial charge in [-0.15, -0.1) is 0 Å². The van der Waals surface area contributed by atoms with E-state index in [1.807, 2.05) is 36.4 Å². The molecule has 154 valence electrons. The third-order valence-electron chi connectivity index (χ3n) is 4.99. The number of urea groups is 1. The second-order valence-corrected chi connectivity index (χ2v) is 7.08. The minimum atomic E-state index is -0.552. The molecule has 0 unspecified atom stereocenters. The minimum absolute atomic E-state index is 0.00947. The van der Waals surface area contributed by atoms with Crippen LogP contribution in [0.4, 0.5) is 20.7 Å². The van der Waals surface area contributed by atoms with Gasteiger partial charge in [-0.1, -0.05) is 30.3 Å². The lowest BCUT2D eigenvalue weighted by Gasteiger charge is -2.33. The standard InChI is InChI=1S/C23H23FN4O2/c24-19-9-6-10-20(30-18-7-2-1-3-8-18)22(19)27-23(29)26-17-12-15-28(16-13-17)21-11-4-5-14-25-21/h1-11,14,17H,12-13,15-16H2,(H2,26,27,29). The highest BCUT2D eigenvalue weighted by Gasteiger charge is 2.22. The molecule has 1 aromatic heterocycles. The molecule has 1 fully saturated rings. The van der Waals surface area contributed by atoms with Crippen LogP contribution < -0.4 is 20.3 Å². The molecule has 0 bridgehead atoms. The molecule has 0 radical (unpaired) electrons. The van der Waals surface area contributed by atoms with Crippen molar-refractivity contribution in [1.82, 2.24) is 10.3 Å². The van der Waals surface area contributed by atoms with Gasteiger partial charge in [-0.3, -0.25) is 0 Å². The van der Waals surface area contributed by atoms with E-state index >= 15 is 0 Å². The Labute approximate surface area is 174 Å². The number of piperidine rings is 1. The lowest BCUT2D eigenvalue weighted by atomic mass is 10.1. The fraction of sp³-hybridized carbons (Fsp3) is 0.217. The van der Waals surface area contributed by atoms with Crippen molar-refractivity contribution in [3.63, 3.8) is 0 Å². The molecule has 1 aliphatic rings. The van der Waals surface area contributed by atoms with Crippen LogP contribution in [0, 0.1) is 5.82 Å². The minimum Gasteiger partial charge on any atom is -0.455 e. The van der Waals surface area contributed by atoms with Crippen LogP contribution >= 0.6 is 0 Å². The predicted octanol–water partition coefficient (Wildman–Crippen LogP) is 4.80. The number of para-hydroxylation sites is 2. The van der Waals surface area contributed by atoms with Crippen LogP contribution in [0.3, 0.4) is 0 Å². The van der Waals surface area contributed by atoms with Crippen LogP contribution in [0.5, 0.6) is 11.5 Å². The number of hydrogen-bond acceptors (Lipinski definition) is 4. The summed E-state index contributed by atoms with van der Waals surface area (Å²) in [4.78, 5) is 19.1. The fourth-order valence-electron chi connectivity index (χ4n) is 3.45. The van der Waals surface area contributed by atoms with E-state index < -0.39 is 11.8 Å². The van der Waals surface area contributed by atoms with Gasteiger partial charge in [-0.25, -0.2) is 14.2 Å². The summed E-state index contributed by atoms with van der Waals surface area (Å²) in [5.74, 6) is 1.20. The average Bonchev–Trinajstić information content (AvgIpc) is 2.78. The summed E-state index contributed by atoms with van der Waals surface area (Å²) < 4.78 is 20.1. The van der Waals surface area contributed by atoms with E-state index in [4.69, 9.17) is 4.74 Å². The number of carbonyl (C=O) groups excluding carboxylic acids is 1. The molecular weight excluding hydrogens is 383 g/mol. The zero-order valence-corrected chi connectivity index (χ0v) is 16.4. The molecule has 0 saturated carbocycles. The number of nitrogens with zero attached hydrogens (tertiary/aromatic N) is 2. The highest BCUT2D eigenvalue weighted by atomic mass is 19.1. The van der Waals surface area contributed by atoms with E-state index in [2.05, 4.69) is 20.5 Å². The molecule has 1 aliphatic heterocycles. The number of hydrogen-bond donors (Lipinski definition) is 2. The lowest BCUT2D eigenvalue weighted by molar-refractivity contribution is 0.245. The summed E-state index contributed by atoms with van der Waals surface area (Å²) in [6.45, 7) is 1.59. The Bertz CT molecular complexity index is 977. The number of pyridine rings is 1. The Hall–Kier alpha value is -3.61. The zero-order valence-electron chi connectivity index (χ0n) is 16.4. The molecule has 3 aromatic rings. The second-order valence-electron chi connectivity index (χ2n) is 7.08. The van der Waals surface area contributed by atoms with Crippen LogP contribution in [-0.2, 0) is 0 Å². The van der Waals surface area contributed by atoms with E-state index in [0.29, 0.717) is 5.75 Å². The maximum atomic E-state index is 14.4. The molecule has 2 heterocycles. The van der Waals surface area contributed by atoms with Crippen LogP contribution in [0.1, 0.15) is 12.8 Å². The van der Waals surface area contributed by atoms with Crippen molar-refractivity contribution in [3.8, 4) is 11.5 Å². The van der Waals surface area contributed by atoms with Crippen LogP contribution in [0.15, 0.2) is 72.9 Å². The summed E-state index contributed by atoms with van der Waals surface area (Å²) in [5.41, 5.74) is 0.0183. The summed E-state index contributed by atoms with van der Waals surface area (Å²) in [7, 11) is 0. The Morgan fingerprint density at radius 3 is 2.50 bits per heavy atom. The number of nitrogens with one attached hydrogen (secondary N) is 2. The summed E-state index contributed by atoms with van der Waals surface area (Å²) in [6.07, 6.45) is 3.35. The number of benzene rings is 2. The molecule has 2 N–H and O–H groups in total. The molecule has 0 aliphatic carbocycles. The molecule has 1 saturated heterocycles. The predicted molar refractivity (Wildman–Crippen MR) is 115 cm³/mol. The van der Waals surface area contributed by atoms with E-state index in [-0.39, 0.29) is 17.5 Å². The maximum absolute atomic E-state index is 14.4. The second kappa shape index (κ2) is 9.26. The first kappa shape index (κ1) is 19.7. The molecule has 2 amide bonds. The van der Waals surface area contributed by atoms with Crippen molar-refractivity contribution in [2.75, 3.05) is 23.3 Å². The molecule has 6 nitrogen and oxygen atoms in total. The van der Waals surface area contributed by atoms with Crippen molar-refractivity contribution >= 4 is 17.5 Å². The maximum Gasteiger partial charge on any atom is 0.319 e. The molecule has 7 heteroatoms. The van der Waals surface area contributed by atoms with E-state index in [1.165, 1.54) is 6.07 Å². The van der Waals surface area contributed by atoms with Crippen molar-refractivity contribution in [1.29, 1.82) is 0 Å². The Kier molecular flexibility index (Phi) is 6.08. The average molecular weight is 406 g/mol. The van der Waals surface area contributed by atoms with E-state index in [1.54, 1.807) is 30.5 Å². The number of amides is 2. The molecular formula is C23H23FN4O2. The molecule has 4 rings (SSSR count). The van der Waals surface area contributed by atoms with Gasteiger partial charge in [-0.05, 0) is 49.2 Å². The number of aromatic nitrogens is 1. The van der Waals surface area contributed by atoms with Gasteiger partial charge < -0.3 is 20.3 Å². The smallest absolute Gasteiger partial charge is 0.319 e. The van der Waals surface area contributed by atoms with Crippen molar-refractivity contribution < 1.29 is 13.9 Å². The topological polar surface area (TPSA) is 66.5 Å². The number of halogens is 1. The Morgan fingerprint density at radius 1 is 1.00 bits per heavy atom. The Balaban J connectivity index is 1.35. The number of ether oxygens (including phenoxy) is 1. The van der Waals surface area contributed by atoms with Gasteiger partial charge >= 0.3 is 6.03 Å². The monoisotopic (exact) mass is 406 g/mol. The fourth-order valence-corrected chi connectivity index (χ4v) is 3.45. The summed E-state index contributed by atoms with van der Waals surface area (Å²) >= 11 is 0. The molecule has 30 heavy (non-hydrogen) atoms. The van der Waals surface area contributed by atoms with Gasteiger partial charge in [0, 0.05) is 25.3 Å². The van der Waals surface area contributed by atoms with Gasteiger partial charge in [0.05, 0.1) is 0 Å². The van der Waals surface area contributed by atoms with Crippen molar-refractivity contribution in [2.45, 2.75) is 18.9 Å². The SMILES string of the molecule is O=C(Nc1c(F)cccc1Oc1ccccc1)NC1CCN(c2ccccn2)CC1. The molecule has 2 aromatic carbocycles. The quantitative estimate of drug-likeness (QED) is 0.639. The first-order valence-corrected chi connectivity index (χ1v) is 9.94. The number of carbonyl (C=O) groups is 1. The zero-order chi connectivity index (χ0) is 20.8. The van der Waals surface area contributed by atoms with Crippen LogP contribution in [0.2, 0.25) is 0 Å². The van der Waals surface area contributed by atoms with Crippen LogP contribution in [-0.4, -0.2) is 30.1 Å². The van der Waals surface area contributed by atoms with Crippen LogP contribution in [0.25, 0.3) is 0 Å². The third-order valence-corrected chi connectivity index (χ3v) is 4.99.